The van der Waals surface area contributed by atoms with Crippen molar-refractivity contribution >= 4 is 6.03 Å². The normalized spacial score (nSPS) is 17.2. The first-order valence-corrected chi connectivity index (χ1v) is 8.51. The number of urea groups is 1. The zero-order valence-corrected chi connectivity index (χ0v) is 14.7. The van der Waals surface area contributed by atoms with Gasteiger partial charge in [-0.05, 0) is 37.7 Å². The van der Waals surface area contributed by atoms with Crippen LogP contribution in [-0.4, -0.2) is 58.6 Å². The van der Waals surface area contributed by atoms with E-state index in [-0.39, 0.29) is 11.8 Å². The number of amides is 2. The van der Waals surface area contributed by atoms with Gasteiger partial charge in [-0.15, -0.1) is 0 Å². The molecule has 0 radical (unpaired) electrons. The van der Waals surface area contributed by atoms with Crippen LogP contribution in [0.1, 0.15) is 23.9 Å². The van der Waals surface area contributed by atoms with Gasteiger partial charge in [0.2, 0.25) is 0 Å². The maximum absolute atomic E-state index is 13.7. The molecule has 2 heterocycles. The Balaban J connectivity index is 1.83. The van der Waals surface area contributed by atoms with E-state index in [0.29, 0.717) is 24.5 Å². The lowest BCUT2D eigenvalue weighted by Crippen LogP contribution is -2.44. The van der Waals surface area contributed by atoms with Crippen LogP contribution in [0.15, 0.2) is 36.7 Å². The Morgan fingerprint density at radius 1 is 1.24 bits per heavy atom. The van der Waals surface area contributed by atoms with Crippen LogP contribution in [0.4, 0.5) is 9.18 Å². The fourth-order valence-electron chi connectivity index (χ4n) is 3.10. The fraction of sp³-hybridized carbons (Fsp3) is 0.444. The number of halogens is 1. The summed E-state index contributed by atoms with van der Waals surface area (Å²) in [6.45, 7) is 3.22. The second-order valence-electron chi connectivity index (χ2n) is 6.48. The van der Waals surface area contributed by atoms with Gasteiger partial charge in [-0.1, -0.05) is 12.1 Å². The molecule has 2 aromatic rings. The number of rotatable bonds is 3. The molecular weight excluding hydrogens is 321 g/mol. The topological polar surface area (TPSA) is 53.4 Å². The highest BCUT2D eigenvalue weighted by molar-refractivity contribution is 5.75. The Bertz CT molecular complexity index is 732. The summed E-state index contributed by atoms with van der Waals surface area (Å²) in [5.74, 6) is 0.341. The number of imidazole rings is 1. The van der Waals surface area contributed by atoms with E-state index >= 15 is 0 Å². The van der Waals surface area contributed by atoms with Crippen LogP contribution in [0.2, 0.25) is 0 Å². The van der Waals surface area contributed by atoms with Gasteiger partial charge in [0.15, 0.2) is 0 Å². The molecule has 25 heavy (non-hydrogen) atoms. The van der Waals surface area contributed by atoms with E-state index < -0.39 is 6.04 Å². The van der Waals surface area contributed by atoms with Gasteiger partial charge in [0.25, 0.3) is 0 Å². The summed E-state index contributed by atoms with van der Waals surface area (Å²) in [4.78, 5) is 21.2. The zero-order valence-electron chi connectivity index (χ0n) is 14.7. The molecule has 1 atom stereocenters. The third-order valence-corrected chi connectivity index (χ3v) is 4.57. The van der Waals surface area contributed by atoms with Crippen LogP contribution in [0, 0.1) is 5.82 Å². The van der Waals surface area contributed by atoms with Crippen molar-refractivity contribution in [2.24, 2.45) is 7.05 Å². The molecule has 0 aliphatic carbocycles. The summed E-state index contributed by atoms with van der Waals surface area (Å²) in [5, 5.41) is 3.03. The molecule has 0 unspecified atom stereocenters. The molecule has 1 N–H and O–H groups in total. The number of carbonyl (C=O) groups excluding carboxylic acids is 1. The minimum Gasteiger partial charge on any atom is -0.336 e. The van der Waals surface area contributed by atoms with Crippen LogP contribution in [0.3, 0.4) is 0 Å². The molecule has 1 aromatic heterocycles. The van der Waals surface area contributed by atoms with E-state index in [1.165, 1.54) is 12.1 Å². The number of hydrogen-bond donors (Lipinski definition) is 1. The van der Waals surface area contributed by atoms with Crippen molar-refractivity contribution in [1.29, 1.82) is 0 Å². The lowest BCUT2D eigenvalue weighted by Gasteiger charge is -2.25. The molecule has 0 bridgehead atoms. The lowest BCUT2D eigenvalue weighted by molar-refractivity contribution is 0.196. The number of carbonyl (C=O) groups is 1. The average molecular weight is 345 g/mol. The summed E-state index contributed by atoms with van der Waals surface area (Å²) in [6.07, 6.45) is 4.43. The quantitative estimate of drug-likeness (QED) is 0.926. The maximum Gasteiger partial charge on any atom is 0.318 e. The SMILES string of the molecule is CN1CCCN(C(=O)N[C@H](c2cccc(F)c2)c2nccn2C)CC1. The van der Waals surface area contributed by atoms with Crippen molar-refractivity contribution in [2.75, 3.05) is 33.2 Å². The number of benzene rings is 1. The fourth-order valence-corrected chi connectivity index (χ4v) is 3.10. The standard InChI is InChI=1S/C18H24FN5O/c1-22-8-4-9-24(12-11-22)18(25)21-16(17-20-7-10-23(17)2)14-5-3-6-15(19)13-14/h3,5-7,10,13,16H,4,8-9,11-12H2,1-2H3,(H,21,25)/t16-/m1/s1. The second-order valence-corrected chi connectivity index (χ2v) is 6.48. The Labute approximate surface area is 147 Å². The van der Waals surface area contributed by atoms with Gasteiger partial charge in [-0.3, -0.25) is 0 Å². The molecule has 1 aliphatic rings. The Morgan fingerprint density at radius 3 is 2.80 bits per heavy atom. The first-order chi connectivity index (χ1) is 12.0. The zero-order chi connectivity index (χ0) is 17.8. The molecule has 134 valence electrons. The summed E-state index contributed by atoms with van der Waals surface area (Å²) in [5.41, 5.74) is 0.676. The number of nitrogens with zero attached hydrogens (tertiary/aromatic N) is 4. The summed E-state index contributed by atoms with van der Waals surface area (Å²) in [7, 11) is 3.92. The first kappa shape index (κ1) is 17.4. The summed E-state index contributed by atoms with van der Waals surface area (Å²) < 4.78 is 15.5. The highest BCUT2D eigenvalue weighted by Gasteiger charge is 2.25. The van der Waals surface area contributed by atoms with E-state index in [4.69, 9.17) is 0 Å². The highest BCUT2D eigenvalue weighted by atomic mass is 19.1. The van der Waals surface area contributed by atoms with E-state index in [1.54, 1.807) is 18.3 Å². The predicted octanol–water partition coefficient (Wildman–Crippen LogP) is 2.00. The number of nitrogens with one attached hydrogen (secondary N) is 1. The van der Waals surface area contributed by atoms with Gasteiger partial charge >= 0.3 is 6.03 Å². The molecule has 1 saturated heterocycles. The van der Waals surface area contributed by atoms with Crippen molar-refractivity contribution in [3.63, 3.8) is 0 Å². The highest BCUT2D eigenvalue weighted by Crippen LogP contribution is 2.21. The average Bonchev–Trinajstić information content (AvgIpc) is 2.88. The molecular formula is C18H24FN5O. The van der Waals surface area contributed by atoms with Crippen molar-refractivity contribution in [3.05, 3.63) is 53.9 Å². The van der Waals surface area contributed by atoms with Gasteiger partial charge in [0.1, 0.15) is 17.7 Å². The van der Waals surface area contributed by atoms with Crippen molar-refractivity contribution < 1.29 is 9.18 Å². The largest absolute Gasteiger partial charge is 0.336 e. The summed E-state index contributed by atoms with van der Waals surface area (Å²) in [6, 6.07) is 5.64. The molecule has 0 saturated carbocycles. The van der Waals surface area contributed by atoms with Gasteiger partial charge in [0, 0.05) is 39.1 Å². The van der Waals surface area contributed by atoms with Crippen molar-refractivity contribution in [1.82, 2.24) is 24.7 Å². The van der Waals surface area contributed by atoms with Gasteiger partial charge in [-0.25, -0.2) is 14.2 Å². The second kappa shape index (κ2) is 7.65. The minimum absolute atomic E-state index is 0.146. The molecule has 1 aliphatic heterocycles. The van der Waals surface area contributed by atoms with Crippen LogP contribution >= 0.6 is 0 Å². The van der Waals surface area contributed by atoms with Gasteiger partial charge in [-0.2, -0.15) is 0 Å². The van der Waals surface area contributed by atoms with Crippen LogP contribution in [0.25, 0.3) is 0 Å². The van der Waals surface area contributed by atoms with E-state index in [1.807, 2.05) is 22.7 Å². The molecule has 2 amide bonds. The van der Waals surface area contributed by atoms with E-state index in [0.717, 1.165) is 19.5 Å². The Kier molecular flexibility index (Phi) is 5.33. The maximum atomic E-state index is 13.7. The van der Waals surface area contributed by atoms with Crippen LogP contribution in [0.5, 0.6) is 0 Å². The minimum atomic E-state index is -0.496. The smallest absolute Gasteiger partial charge is 0.318 e. The molecule has 1 fully saturated rings. The molecule has 7 heteroatoms. The Hall–Kier alpha value is -2.41. The van der Waals surface area contributed by atoms with Crippen LogP contribution < -0.4 is 5.32 Å². The van der Waals surface area contributed by atoms with E-state index in [9.17, 15) is 9.18 Å². The molecule has 6 nitrogen and oxygen atoms in total. The summed E-state index contributed by atoms with van der Waals surface area (Å²) >= 11 is 0. The van der Waals surface area contributed by atoms with Crippen molar-refractivity contribution in [3.8, 4) is 0 Å². The third-order valence-electron chi connectivity index (χ3n) is 4.57. The number of likely N-dealkylation sites (N-methyl/N-ethyl adjacent to an activating group) is 1. The van der Waals surface area contributed by atoms with Gasteiger partial charge < -0.3 is 19.7 Å². The first-order valence-electron chi connectivity index (χ1n) is 8.51. The monoisotopic (exact) mass is 345 g/mol. The number of hydrogen-bond acceptors (Lipinski definition) is 3. The number of aryl methyl sites for hydroxylation is 1. The number of aromatic nitrogens is 2. The molecule has 3 rings (SSSR count). The van der Waals surface area contributed by atoms with Crippen LogP contribution in [-0.2, 0) is 7.05 Å². The lowest BCUT2D eigenvalue weighted by atomic mass is 10.1. The Morgan fingerprint density at radius 2 is 2.08 bits per heavy atom. The third kappa shape index (κ3) is 4.17. The van der Waals surface area contributed by atoms with E-state index in [2.05, 4.69) is 22.2 Å². The molecule has 1 aromatic carbocycles. The predicted molar refractivity (Wildman–Crippen MR) is 93.7 cm³/mol. The van der Waals surface area contributed by atoms with Gasteiger partial charge in [0.05, 0.1) is 0 Å². The molecule has 0 spiro atoms. The van der Waals surface area contributed by atoms with Crippen molar-refractivity contribution in [2.45, 2.75) is 12.5 Å².